The molecule has 584 valence electrons. The number of aliphatic hydroxyl groups is 2. The van der Waals surface area contributed by atoms with Crippen LogP contribution in [0.5, 0.6) is 0 Å². The smallest absolute Gasteiger partial charge is 0.463 e. The molecule has 0 heterocycles. The van der Waals surface area contributed by atoms with E-state index >= 15 is 0 Å². The van der Waals surface area contributed by atoms with Gasteiger partial charge in [-0.1, -0.05) is 287 Å². The maximum Gasteiger partial charge on any atom is 0.472 e. The monoisotopic (exact) mass is 1480 g/mol. The molecule has 0 radical (unpaired) electrons. The van der Waals surface area contributed by atoms with Crippen LogP contribution in [0.15, 0.2) is 182 Å². The molecule has 0 aromatic rings. The third-order valence-corrected chi connectivity index (χ3v) is 17.5. The molecule has 0 saturated carbocycles. The molecule has 0 saturated heterocycles. The molecule has 0 aromatic carbocycles. The van der Waals surface area contributed by atoms with Crippen molar-refractivity contribution in [2.45, 2.75) is 296 Å². The molecule has 0 rings (SSSR count). The zero-order valence-corrected chi connectivity index (χ0v) is 65.5. The van der Waals surface area contributed by atoms with Gasteiger partial charge in [-0.3, -0.25) is 32.5 Å². The second kappa shape index (κ2) is 76.3. The summed E-state index contributed by atoms with van der Waals surface area (Å²) in [6.07, 6.45) is 97.8. The topological polar surface area (TPSA) is 231 Å². The fourth-order valence-electron chi connectivity index (χ4n) is 9.77. The van der Waals surface area contributed by atoms with Crippen LogP contribution < -0.4 is 0 Å². The van der Waals surface area contributed by atoms with Crippen molar-refractivity contribution in [3.63, 3.8) is 0 Å². The van der Waals surface area contributed by atoms with E-state index in [9.17, 15) is 43.5 Å². The molecule has 5 unspecified atom stereocenters. The Labute approximate surface area is 624 Å². The largest absolute Gasteiger partial charge is 0.472 e. The van der Waals surface area contributed by atoms with Gasteiger partial charge in [0, 0.05) is 19.3 Å². The van der Waals surface area contributed by atoms with Crippen LogP contribution >= 0.6 is 15.6 Å². The molecule has 16 nitrogen and oxygen atoms in total. The van der Waals surface area contributed by atoms with Gasteiger partial charge in [0.15, 0.2) is 6.10 Å². The van der Waals surface area contributed by atoms with Gasteiger partial charge >= 0.3 is 33.6 Å². The van der Waals surface area contributed by atoms with Crippen LogP contribution in [0.1, 0.15) is 278 Å². The van der Waals surface area contributed by atoms with Gasteiger partial charge in [0.2, 0.25) is 0 Å². The summed E-state index contributed by atoms with van der Waals surface area (Å²) in [6, 6.07) is 0. The van der Waals surface area contributed by atoms with Crippen molar-refractivity contribution < 1.29 is 75.8 Å². The number of hydrogen-bond acceptors (Lipinski definition) is 14. The first-order valence-corrected chi connectivity index (χ1v) is 42.1. The van der Waals surface area contributed by atoms with E-state index in [0.29, 0.717) is 19.3 Å². The minimum atomic E-state index is -4.95. The first-order valence-electron chi connectivity index (χ1n) is 39.1. The van der Waals surface area contributed by atoms with E-state index in [1.165, 1.54) is 0 Å². The summed E-state index contributed by atoms with van der Waals surface area (Å²) in [5.41, 5.74) is 0. The molecule has 0 aliphatic heterocycles. The number of ether oxygens (including phenoxy) is 3. The molecular weight excluding hydrogens is 1340 g/mol. The Morgan fingerprint density at radius 1 is 0.272 bits per heavy atom. The molecule has 0 aliphatic carbocycles. The minimum Gasteiger partial charge on any atom is -0.463 e. The van der Waals surface area contributed by atoms with Gasteiger partial charge in [0.1, 0.15) is 25.4 Å². The Morgan fingerprint density at radius 2 is 0.485 bits per heavy atom. The van der Waals surface area contributed by atoms with E-state index in [4.69, 9.17) is 32.3 Å². The van der Waals surface area contributed by atoms with Gasteiger partial charge in [0.25, 0.3) is 0 Å². The summed E-state index contributed by atoms with van der Waals surface area (Å²) < 4.78 is 61.2. The Kier molecular flexibility index (Phi) is 72.3. The highest BCUT2D eigenvalue weighted by molar-refractivity contribution is 7.47. The van der Waals surface area contributed by atoms with Crippen molar-refractivity contribution in [2.24, 2.45) is 0 Å². The molecule has 0 spiro atoms. The summed E-state index contributed by atoms with van der Waals surface area (Å²) >= 11 is 0. The average Bonchev–Trinajstić information content (AvgIpc) is 0.922. The minimum absolute atomic E-state index is 0.0783. The molecule has 0 bridgehead atoms. The predicted octanol–water partition coefficient (Wildman–Crippen LogP) is 23.0. The quantitative estimate of drug-likeness (QED) is 0.0146. The van der Waals surface area contributed by atoms with Crippen LogP contribution in [0.2, 0.25) is 0 Å². The van der Waals surface area contributed by atoms with E-state index in [1.807, 2.05) is 0 Å². The third-order valence-electron chi connectivity index (χ3n) is 15.6. The van der Waals surface area contributed by atoms with E-state index < -0.39 is 91.5 Å². The van der Waals surface area contributed by atoms with Crippen LogP contribution in [0, 0.1) is 0 Å². The van der Waals surface area contributed by atoms with Crippen molar-refractivity contribution in [2.75, 3.05) is 39.6 Å². The van der Waals surface area contributed by atoms with Gasteiger partial charge in [-0.15, -0.1) is 0 Å². The van der Waals surface area contributed by atoms with Gasteiger partial charge in [0.05, 0.1) is 26.4 Å². The fourth-order valence-corrected chi connectivity index (χ4v) is 11.4. The summed E-state index contributed by atoms with van der Waals surface area (Å²) in [4.78, 5) is 58.7. The molecule has 103 heavy (non-hydrogen) atoms. The lowest BCUT2D eigenvalue weighted by molar-refractivity contribution is -0.161. The molecule has 18 heteroatoms. The number of aliphatic hydroxyl groups excluding tert-OH is 2. The first-order chi connectivity index (χ1) is 50.2. The van der Waals surface area contributed by atoms with E-state index in [1.54, 1.807) is 0 Å². The summed E-state index contributed by atoms with van der Waals surface area (Å²) in [7, 11) is -9.82. The van der Waals surface area contributed by atoms with Crippen LogP contribution in [0.3, 0.4) is 0 Å². The molecule has 0 aliphatic rings. The number of phosphoric acid groups is 2. The molecule has 0 aromatic heterocycles. The van der Waals surface area contributed by atoms with Crippen LogP contribution in [-0.2, 0) is 55.8 Å². The number of esters is 3. The van der Waals surface area contributed by atoms with Gasteiger partial charge in [-0.2, -0.15) is 0 Å². The molecule has 4 N–H and O–H groups in total. The normalized spacial score (nSPS) is 15.0. The van der Waals surface area contributed by atoms with E-state index in [-0.39, 0.29) is 19.3 Å². The van der Waals surface area contributed by atoms with Gasteiger partial charge < -0.3 is 34.2 Å². The summed E-state index contributed by atoms with van der Waals surface area (Å²) in [5, 5.41) is 20.6. The Bertz CT molecular complexity index is 2600. The molecule has 0 fully saturated rings. The van der Waals surface area contributed by atoms with E-state index in [0.717, 1.165) is 218 Å². The van der Waals surface area contributed by atoms with Crippen LogP contribution in [0.25, 0.3) is 0 Å². The Balaban J connectivity index is 4.72. The summed E-state index contributed by atoms with van der Waals surface area (Å²) in [6.45, 7) is 2.28. The number of hydrogen-bond donors (Lipinski definition) is 4. The van der Waals surface area contributed by atoms with Crippen LogP contribution in [-0.4, -0.2) is 95.9 Å². The zero-order valence-electron chi connectivity index (χ0n) is 63.7. The predicted molar refractivity (Wildman–Crippen MR) is 426 cm³/mol. The van der Waals surface area contributed by atoms with Gasteiger partial charge in [-0.05, 0) is 154 Å². The molecular formula is C85H138O16P2. The number of rotatable bonds is 72. The van der Waals surface area contributed by atoms with Crippen molar-refractivity contribution in [3.05, 3.63) is 182 Å². The average molecular weight is 1480 g/mol. The molecule has 5 atom stereocenters. The second-order valence-corrected chi connectivity index (χ2v) is 28.3. The van der Waals surface area contributed by atoms with Crippen LogP contribution in [0.4, 0.5) is 0 Å². The molecule has 0 amide bonds. The lowest BCUT2D eigenvalue weighted by atomic mass is 10.1. The van der Waals surface area contributed by atoms with Crippen molar-refractivity contribution >= 4 is 33.6 Å². The fraction of sp³-hybridized carbons (Fsp3) is 0.612. The van der Waals surface area contributed by atoms with Crippen molar-refractivity contribution in [3.8, 4) is 0 Å². The zero-order chi connectivity index (χ0) is 75.2. The highest BCUT2D eigenvalue weighted by atomic mass is 31.2. The number of unbranched alkanes of at least 4 members (excludes halogenated alkanes) is 19. The standard InChI is InChI=1S/C85H138O16P2/c1-4-7-10-13-16-19-22-25-28-31-34-36-38-39-41-43-45-47-50-53-56-59-62-65-68-71-83(88)95-74-80(86)75-97-102(91,92)98-76-81(87)77-99-103(93,94)100-79-82(101-85(90)73-70-67-64-61-58-55-52-49-44-33-30-27-24-21-18-15-12-9-6-3)78-96-84(89)72-69-66-63-60-57-54-51-48-46-42-40-37-35-32-29-26-23-20-17-14-11-8-5-2/h7-12,16-21,25-30,34-37,39,41-42,44-47,49,80-82,86-87H,4-6,13-15,22-24,31-33,38,40,43,48,50-79H2,1-3H3,(H,91,92)(H,93,94)/b10-7-,11-8-,12-9-,19-16-,20-17-,21-18-,28-25-,29-26-,30-27-,36-34-,37-35-,41-39-,46-42-,47-45-,49-44-. The van der Waals surface area contributed by atoms with Crippen molar-refractivity contribution in [1.29, 1.82) is 0 Å². The highest BCUT2D eigenvalue weighted by Gasteiger charge is 2.29. The van der Waals surface area contributed by atoms with Crippen molar-refractivity contribution in [1.82, 2.24) is 0 Å². The second-order valence-electron chi connectivity index (χ2n) is 25.4. The van der Waals surface area contributed by atoms with Gasteiger partial charge in [-0.25, -0.2) is 9.13 Å². The third kappa shape index (κ3) is 77.6. The first kappa shape index (κ1) is 97.7. The van der Waals surface area contributed by atoms with E-state index in [2.05, 4.69) is 203 Å². The number of phosphoric ester groups is 2. The lowest BCUT2D eigenvalue weighted by Crippen LogP contribution is -2.30. The number of carbonyl (C=O) groups is 3. The number of allylic oxidation sites excluding steroid dienone is 30. The highest BCUT2D eigenvalue weighted by Crippen LogP contribution is 2.45. The SMILES string of the molecule is CC/C=C\C/C=C\C/C=C\C/C=C\C/C=C\C/C=C\CCCCCCCCC(=O)OCC(O)COP(=O)(O)OCC(O)COP(=O)(O)OCC(COC(=O)CCCCCCCCC/C=C\C/C=C\C/C=C\C/C=C\C/C=C\CC)OC(=O)CCCCCCCC/C=C\C/C=C\C/C=C\C/C=C\CC. The summed E-state index contributed by atoms with van der Waals surface area (Å²) in [5.74, 6) is -1.63. The Hall–Kier alpha value is -5.35. The maximum atomic E-state index is 13.0. The lowest BCUT2D eigenvalue weighted by Gasteiger charge is -2.21. The maximum absolute atomic E-state index is 13.0. The number of carbonyl (C=O) groups excluding carboxylic acids is 3. The Morgan fingerprint density at radius 3 is 0.767 bits per heavy atom.